The van der Waals surface area contributed by atoms with Crippen molar-refractivity contribution in [2.75, 3.05) is 5.73 Å². The Hall–Kier alpha value is -1.23. The maximum Gasteiger partial charge on any atom is 0.417 e. The topological polar surface area (TPSA) is 43.1 Å². The number of nitrogen functional groups attached to an aromatic ring is 1. The van der Waals surface area contributed by atoms with E-state index in [0.29, 0.717) is 0 Å². The van der Waals surface area contributed by atoms with Crippen molar-refractivity contribution in [1.82, 2.24) is 0 Å². The van der Waals surface area contributed by atoms with Crippen LogP contribution in [-0.2, 0) is 6.18 Å². The zero-order valence-electron chi connectivity index (χ0n) is 7.65. The van der Waals surface area contributed by atoms with E-state index >= 15 is 0 Å². The molecule has 0 radical (unpaired) electrons. The van der Waals surface area contributed by atoms with Crippen LogP contribution in [0.1, 0.15) is 22.8 Å². The lowest BCUT2D eigenvalue weighted by molar-refractivity contribution is -0.137. The highest BCUT2D eigenvalue weighted by Gasteiger charge is 2.35. The molecule has 82 valence electrons. The summed E-state index contributed by atoms with van der Waals surface area (Å²) in [6, 6.07) is 1.77. The molecule has 0 fully saturated rings. The van der Waals surface area contributed by atoms with Gasteiger partial charge in [0.2, 0.25) is 0 Å². The molecular weight excluding hydrogens is 231 g/mol. The molecule has 0 bridgehead atoms. The van der Waals surface area contributed by atoms with E-state index in [9.17, 15) is 18.0 Å². The normalized spacial score (nSPS) is 11.5. The highest BCUT2D eigenvalue weighted by Crippen LogP contribution is 2.37. The first-order valence-corrected chi connectivity index (χ1v) is 4.29. The molecule has 1 aromatic rings. The maximum absolute atomic E-state index is 12.5. The highest BCUT2D eigenvalue weighted by molar-refractivity contribution is 6.34. The van der Waals surface area contributed by atoms with Crippen molar-refractivity contribution in [3.63, 3.8) is 0 Å². The van der Waals surface area contributed by atoms with Crippen molar-refractivity contribution >= 4 is 23.1 Å². The maximum atomic E-state index is 12.5. The Balaban J connectivity index is 3.55. The summed E-state index contributed by atoms with van der Waals surface area (Å²) < 4.78 is 37.4. The van der Waals surface area contributed by atoms with Crippen LogP contribution in [0, 0.1) is 0 Å². The lowest BCUT2D eigenvalue weighted by Gasteiger charge is -2.13. The monoisotopic (exact) mass is 237 g/mol. The van der Waals surface area contributed by atoms with E-state index in [4.69, 9.17) is 17.3 Å². The van der Waals surface area contributed by atoms with Gasteiger partial charge in [-0.2, -0.15) is 13.2 Å². The van der Waals surface area contributed by atoms with Crippen LogP contribution in [-0.4, -0.2) is 5.78 Å². The van der Waals surface area contributed by atoms with E-state index in [-0.39, 0.29) is 10.7 Å². The van der Waals surface area contributed by atoms with Gasteiger partial charge in [0.1, 0.15) is 0 Å². The summed E-state index contributed by atoms with van der Waals surface area (Å²) >= 11 is 5.54. The molecule has 0 aliphatic heterocycles. The Morgan fingerprint density at radius 3 is 2.33 bits per heavy atom. The Morgan fingerprint density at radius 1 is 1.40 bits per heavy atom. The van der Waals surface area contributed by atoms with Crippen molar-refractivity contribution in [2.45, 2.75) is 13.1 Å². The molecule has 0 saturated carbocycles. The quantitative estimate of drug-likeness (QED) is 0.602. The number of Topliss-reactive ketones (excluding diaryl/α,β-unsaturated/α-hetero) is 1. The molecule has 1 rings (SSSR count). The third kappa shape index (κ3) is 2.23. The first-order valence-electron chi connectivity index (χ1n) is 3.91. The lowest BCUT2D eigenvalue weighted by atomic mass is 10.0. The zero-order chi connectivity index (χ0) is 11.8. The van der Waals surface area contributed by atoms with E-state index in [1.54, 1.807) is 0 Å². The van der Waals surface area contributed by atoms with Gasteiger partial charge in [-0.15, -0.1) is 0 Å². The number of benzene rings is 1. The number of anilines is 1. The molecule has 2 nitrogen and oxygen atoms in total. The summed E-state index contributed by atoms with van der Waals surface area (Å²) in [5, 5.41) is -0.0619. The summed E-state index contributed by atoms with van der Waals surface area (Å²) in [6.45, 7) is 1.01. The Bertz CT molecular complexity index is 415. The molecule has 2 N–H and O–H groups in total. The number of carbonyl (C=O) groups excluding carboxylic acids is 1. The summed E-state index contributed by atoms with van der Waals surface area (Å²) in [7, 11) is 0. The first kappa shape index (κ1) is 11.8. The predicted molar refractivity (Wildman–Crippen MR) is 50.9 cm³/mol. The van der Waals surface area contributed by atoms with Gasteiger partial charge >= 0.3 is 6.18 Å². The molecule has 15 heavy (non-hydrogen) atoms. The minimum Gasteiger partial charge on any atom is -0.397 e. The number of alkyl halides is 3. The molecule has 0 aliphatic rings. The molecule has 0 unspecified atom stereocenters. The predicted octanol–water partition coefficient (Wildman–Crippen LogP) is 3.14. The van der Waals surface area contributed by atoms with E-state index in [0.717, 1.165) is 19.1 Å². The second-order valence-corrected chi connectivity index (χ2v) is 3.34. The van der Waals surface area contributed by atoms with Crippen molar-refractivity contribution in [1.29, 1.82) is 0 Å². The second-order valence-electron chi connectivity index (χ2n) is 2.94. The average molecular weight is 238 g/mol. The summed E-state index contributed by atoms with van der Waals surface area (Å²) in [6.07, 6.45) is -4.61. The molecule has 0 spiro atoms. The number of halogens is 4. The van der Waals surface area contributed by atoms with Gasteiger partial charge < -0.3 is 5.73 Å². The number of rotatable bonds is 1. The molecule has 0 aromatic heterocycles. The third-order valence-corrected chi connectivity index (χ3v) is 2.18. The SMILES string of the molecule is CC(=O)c1c(C(F)(F)F)ccc(Cl)c1N. The Kier molecular flexibility index (Phi) is 2.95. The van der Waals surface area contributed by atoms with E-state index in [2.05, 4.69) is 0 Å². The van der Waals surface area contributed by atoms with Crippen molar-refractivity contribution in [3.05, 3.63) is 28.3 Å². The van der Waals surface area contributed by atoms with Gasteiger partial charge in [0, 0.05) is 0 Å². The molecule has 0 amide bonds. The highest BCUT2D eigenvalue weighted by atomic mass is 35.5. The number of ketones is 1. The second kappa shape index (κ2) is 3.73. The average Bonchev–Trinajstić information content (AvgIpc) is 2.06. The van der Waals surface area contributed by atoms with Gasteiger partial charge in [0.15, 0.2) is 5.78 Å². The Morgan fingerprint density at radius 2 is 1.93 bits per heavy atom. The third-order valence-electron chi connectivity index (χ3n) is 1.85. The Labute approximate surface area is 88.8 Å². The number of carbonyl (C=O) groups is 1. The fraction of sp³-hybridized carbons (Fsp3) is 0.222. The molecule has 0 aliphatic carbocycles. The molecule has 0 atom stereocenters. The van der Waals surface area contributed by atoms with Gasteiger partial charge in [-0.1, -0.05) is 11.6 Å². The minimum absolute atomic E-state index is 0.0619. The lowest BCUT2D eigenvalue weighted by Crippen LogP contribution is -2.14. The van der Waals surface area contributed by atoms with Crippen LogP contribution >= 0.6 is 11.6 Å². The summed E-state index contributed by atoms with van der Waals surface area (Å²) in [5.41, 5.74) is 3.36. The van der Waals surface area contributed by atoms with Gasteiger partial charge in [-0.3, -0.25) is 4.79 Å². The van der Waals surface area contributed by atoms with Crippen LogP contribution in [0.4, 0.5) is 18.9 Å². The van der Waals surface area contributed by atoms with Crippen molar-refractivity contribution in [2.24, 2.45) is 0 Å². The van der Waals surface area contributed by atoms with E-state index in [1.165, 1.54) is 0 Å². The smallest absolute Gasteiger partial charge is 0.397 e. The zero-order valence-corrected chi connectivity index (χ0v) is 8.41. The van der Waals surface area contributed by atoms with Gasteiger partial charge in [0.05, 0.1) is 21.8 Å². The van der Waals surface area contributed by atoms with Crippen LogP contribution in [0.2, 0.25) is 5.02 Å². The summed E-state index contributed by atoms with van der Waals surface area (Å²) in [4.78, 5) is 11.0. The minimum atomic E-state index is -4.61. The van der Waals surface area contributed by atoms with Gasteiger partial charge in [0.25, 0.3) is 0 Å². The van der Waals surface area contributed by atoms with Crippen LogP contribution in [0.15, 0.2) is 12.1 Å². The molecule has 0 heterocycles. The van der Waals surface area contributed by atoms with Crippen molar-refractivity contribution in [3.8, 4) is 0 Å². The number of hydrogen-bond donors (Lipinski definition) is 1. The summed E-state index contributed by atoms with van der Waals surface area (Å²) in [5.74, 6) is -0.762. The molecule has 6 heteroatoms. The first-order chi connectivity index (χ1) is 6.75. The van der Waals surface area contributed by atoms with Crippen LogP contribution in [0.5, 0.6) is 0 Å². The van der Waals surface area contributed by atoms with Gasteiger partial charge in [-0.25, -0.2) is 0 Å². The largest absolute Gasteiger partial charge is 0.417 e. The number of nitrogens with two attached hydrogens (primary N) is 1. The van der Waals surface area contributed by atoms with Crippen molar-refractivity contribution < 1.29 is 18.0 Å². The van der Waals surface area contributed by atoms with Gasteiger partial charge in [-0.05, 0) is 19.1 Å². The molecule has 0 saturated heterocycles. The number of hydrogen-bond acceptors (Lipinski definition) is 2. The van der Waals surface area contributed by atoms with Crippen LogP contribution in [0.3, 0.4) is 0 Å². The fourth-order valence-corrected chi connectivity index (χ4v) is 1.37. The van der Waals surface area contributed by atoms with Crippen LogP contribution in [0.25, 0.3) is 0 Å². The molecule has 1 aromatic carbocycles. The molecular formula is C9H7ClF3NO. The van der Waals surface area contributed by atoms with E-state index < -0.39 is 23.1 Å². The van der Waals surface area contributed by atoms with Crippen LogP contribution < -0.4 is 5.73 Å². The fourth-order valence-electron chi connectivity index (χ4n) is 1.21. The van der Waals surface area contributed by atoms with E-state index in [1.807, 2.05) is 0 Å². The standard InChI is InChI=1S/C9H7ClF3NO/c1-4(15)7-5(9(11,12)13)2-3-6(10)8(7)14/h2-3H,14H2,1H3.